The summed E-state index contributed by atoms with van der Waals surface area (Å²) in [7, 11) is 0. The Morgan fingerprint density at radius 3 is 2.79 bits per heavy atom. The first kappa shape index (κ1) is 15.1. The lowest BCUT2D eigenvalue weighted by molar-refractivity contribution is 0.295. The summed E-state index contributed by atoms with van der Waals surface area (Å²) in [5.74, 6) is 1.79. The van der Waals surface area contributed by atoms with Crippen molar-refractivity contribution in [3.05, 3.63) is 47.5 Å². The number of ether oxygens (including phenoxy) is 2. The first-order valence-corrected chi connectivity index (χ1v) is 8.53. The number of hydrogen-bond acceptors (Lipinski definition) is 3. The minimum atomic E-state index is -0.0325. The minimum Gasteiger partial charge on any atom is -0.493 e. The quantitative estimate of drug-likeness (QED) is 0.819. The maximum atomic E-state index is 6.07. The van der Waals surface area contributed by atoms with Crippen molar-refractivity contribution in [1.29, 1.82) is 0 Å². The van der Waals surface area contributed by atoms with Crippen molar-refractivity contribution in [2.45, 2.75) is 39.8 Å². The van der Waals surface area contributed by atoms with Gasteiger partial charge >= 0.3 is 0 Å². The second-order valence-electron chi connectivity index (χ2n) is 7.04. The Bertz CT molecular complexity index is 849. The predicted molar refractivity (Wildman–Crippen MR) is 98.7 cm³/mol. The van der Waals surface area contributed by atoms with E-state index < -0.39 is 0 Å². The van der Waals surface area contributed by atoms with Crippen LogP contribution in [0.25, 0.3) is 16.7 Å². The van der Waals surface area contributed by atoms with Crippen LogP contribution in [-0.4, -0.2) is 12.1 Å². The topological polar surface area (TPSA) is 30.5 Å². The van der Waals surface area contributed by atoms with Gasteiger partial charge in [0, 0.05) is 16.8 Å². The molecule has 0 saturated carbocycles. The molecule has 0 atom stereocenters. The fraction of sp³-hybridized carbons (Fsp3) is 0.333. The van der Waals surface area contributed by atoms with Crippen LogP contribution in [0.3, 0.4) is 0 Å². The Hall–Kier alpha value is -2.42. The van der Waals surface area contributed by atoms with E-state index in [4.69, 9.17) is 9.47 Å². The molecule has 0 amide bonds. The monoisotopic (exact) mass is 321 g/mol. The summed E-state index contributed by atoms with van der Waals surface area (Å²) in [6.07, 6.45) is 2.29. The van der Waals surface area contributed by atoms with Crippen LogP contribution in [0.2, 0.25) is 0 Å². The molecular formula is C21H23NO2. The van der Waals surface area contributed by atoms with Crippen molar-refractivity contribution < 1.29 is 9.47 Å². The smallest absolute Gasteiger partial charge is 0.131 e. The summed E-state index contributed by atoms with van der Waals surface area (Å²) in [4.78, 5) is 0. The zero-order valence-electron chi connectivity index (χ0n) is 14.7. The molecule has 0 saturated heterocycles. The fourth-order valence-corrected chi connectivity index (χ4v) is 3.91. The lowest BCUT2D eigenvalue weighted by Gasteiger charge is -2.34. The summed E-state index contributed by atoms with van der Waals surface area (Å²) in [5.41, 5.74) is 7.24. The van der Waals surface area contributed by atoms with Crippen LogP contribution in [0, 0.1) is 0 Å². The zero-order chi connectivity index (χ0) is 16.9. The van der Waals surface area contributed by atoms with E-state index in [0.717, 1.165) is 17.1 Å². The molecule has 2 aromatic rings. The Morgan fingerprint density at radius 2 is 2.00 bits per heavy atom. The van der Waals surface area contributed by atoms with Gasteiger partial charge in [0.2, 0.25) is 0 Å². The van der Waals surface area contributed by atoms with Gasteiger partial charge in [-0.1, -0.05) is 18.2 Å². The Morgan fingerprint density at radius 1 is 1.17 bits per heavy atom. The first-order chi connectivity index (χ1) is 11.5. The lowest BCUT2D eigenvalue weighted by Crippen LogP contribution is -2.32. The number of benzene rings is 2. The SMILES string of the molecule is CCOc1cccc2c1-c1ccc3c(c1CO2)C(C)=CC(C)(C)N3. The van der Waals surface area contributed by atoms with Gasteiger partial charge in [-0.3, -0.25) is 0 Å². The molecular weight excluding hydrogens is 298 g/mol. The Balaban J connectivity index is 1.94. The highest BCUT2D eigenvalue weighted by Crippen LogP contribution is 2.48. The minimum absolute atomic E-state index is 0.0325. The standard InChI is InChI=1S/C21H23NO2/c1-5-23-17-7-6-8-18-20(17)14-9-10-16-19(15(14)12-24-18)13(2)11-21(3,4)22-16/h6-11,22H,5,12H2,1-4H3. The fourth-order valence-electron chi connectivity index (χ4n) is 3.91. The van der Waals surface area contributed by atoms with Crippen molar-refractivity contribution in [3.8, 4) is 22.6 Å². The largest absolute Gasteiger partial charge is 0.493 e. The summed E-state index contributed by atoms with van der Waals surface area (Å²) < 4.78 is 11.9. The second kappa shape index (κ2) is 5.30. The molecule has 2 heterocycles. The van der Waals surface area contributed by atoms with E-state index in [-0.39, 0.29) is 5.54 Å². The highest BCUT2D eigenvalue weighted by molar-refractivity contribution is 5.90. The Kier molecular flexibility index (Phi) is 3.34. The average molecular weight is 321 g/mol. The first-order valence-electron chi connectivity index (χ1n) is 8.53. The highest BCUT2D eigenvalue weighted by Gasteiger charge is 2.29. The number of fused-ring (bicyclic) bond motifs is 5. The van der Waals surface area contributed by atoms with E-state index in [2.05, 4.69) is 44.3 Å². The number of nitrogens with one attached hydrogen (secondary N) is 1. The van der Waals surface area contributed by atoms with E-state index in [1.54, 1.807) is 0 Å². The van der Waals surface area contributed by atoms with Crippen LogP contribution in [0.15, 0.2) is 36.4 Å². The number of allylic oxidation sites excluding steroid dienone is 1. The number of anilines is 1. The molecule has 0 bridgehead atoms. The van der Waals surface area contributed by atoms with Crippen molar-refractivity contribution >= 4 is 11.3 Å². The van der Waals surface area contributed by atoms with Crippen LogP contribution in [0.5, 0.6) is 11.5 Å². The molecule has 2 aliphatic rings. The van der Waals surface area contributed by atoms with Crippen molar-refractivity contribution in [1.82, 2.24) is 0 Å². The zero-order valence-corrected chi connectivity index (χ0v) is 14.7. The maximum Gasteiger partial charge on any atom is 0.131 e. The summed E-state index contributed by atoms with van der Waals surface area (Å²) in [6.45, 7) is 9.82. The molecule has 2 aliphatic heterocycles. The van der Waals surface area contributed by atoms with Crippen molar-refractivity contribution in [2.24, 2.45) is 0 Å². The van der Waals surface area contributed by atoms with Crippen LogP contribution in [-0.2, 0) is 6.61 Å². The molecule has 0 aromatic heterocycles. The molecule has 0 unspecified atom stereocenters. The third kappa shape index (κ3) is 2.27. The predicted octanol–water partition coefficient (Wildman–Crippen LogP) is 5.25. The van der Waals surface area contributed by atoms with Crippen LogP contribution >= 0.6 is 0 Å². The average Bonchev–Trinajstić information content (AvgIpc) is 2.53. The van der Waals surface area contributed by atoms with E-state index >= 15 is 0 Å². The molecule has 2 aromatic carbocycles. The van der Waals surface area contributed by atoms with Gasteiger partial charge in [0.25, 0.3) is 0 Å². The molecule has 0 spiro atoms. The van der Waals surface area contributed by atoms with E-state index in [0.29, 0.717) is 13.2 Å². The van der Waals surface area contributed by atoms with Crippen molar-refractivity contribution in [2.75, 3.05) is 11.9 Å². The van der Waals surface area contributed by atoms with Crippen LogP contribution < -0.4 is 14.8 Å². The second-order valence-corrected chi connectivity index (χ2v) is 7.04. The Labute approximate surface area is 143 Å². The number of rotatable bonds is 2. The van der Waals surface area contributed by atoms with Gasteiger partial charge in [-0.25, -0.2) is 0 Å². The molecule has 0 fully saturated rings. The number of hydrogen-bond donors (Lipinski definition) is 1. The third-order valence-corrected chi connectivity index (χ3v) is 4.67. The molecule has 4 rings (SSSR count). The molecule has 0 aliphatic carbocycles. The maximum absolute atomic E-state index is 6.07. The molecule has 1 N–H and O–H groups in total. The summed E-state index contributed by atoms with van der Waals surface area (Å²) in [5, 5.41) is 3.62. The van der Waals surface area contributed by atoms with Gasteiger partial charge in [-0.2, -0.15) is 0 Å². The summed E-state index contributed by atoms with van der Waals surface area (Å²) >= 11 is 0. The van der Waals surface area contributed by atoms with E-state index in [1.165, 1.54) is 28.0 Å². The lowest BCUT2D eigenvalue weighted by atomic mass is 9.84. The van der Waals surface area contributed by atoms with Crippen LogP contribution in [0.1, 0.15) is 38.8 Å². The molecule has 0 radical (unpaired) electrons. The van der Waals surface area contributed by atoms with E-state index in [1.807, 2.05) is 25.1 Å². The molecule has 3 heteroatoms. The van der Waals surface area contributed by atoms with Gasteiger partial charge in [0.1, 0.15) is 18.1 Å². The van der Waals surface area contributed by atoms with Crippen molar-refractivity contribution in [3.63, 3.8) is 0 Å². The van der Waals surface area contributed by atoms with Gasteiger partial charge in [-0.15, -0.1) is 0 Å². The van der Waals surface area contributed by atoms with E-state index in [9.17, 15) is 0 Å². The van der Waals surface area contributed by atoms with Gasteiger partial charge in [0.15, 0.2) is 0 Å². The van der Waals surface area contributed by atoms with Gasteiger partial charge in [0.05, 0.1) is 17.7 Å². The molecule has 124 valence electrons. The molecule has 3 nitrogen and oxygen atoms in total. The van der Waals surface area contributed by atoms with Gasteiger partial charge < -0.3 is 14.8 Å². The highest BCUT2D eigenvalue weighted by atomic mass is 16.5. The third-order valence-electron chi connectivity index (χ3n) is 4.67. The van der Waals surface area contributed by atoms with Crippen LogP contribution in [0.4, 0.5) is 5.69 Å². The normalized spacial score (nSPS) is 16.8. The summed E-state index contributed by atoms with van der Waals surface area (Å²) in [6, 6.07) is 10.4. The molecule has 24 heavy (non-hydrogen) atoms. The van der Waals surface area contributed by atoms with Gasteiger partial charge in [-0.05, 0) is 57.0 Å².